The molecule has 608 valence electrons. The third-order valence-corrected chi connectivity index (χ3v) is 22.7. The molecule has 0 saturated heterocycles. The summed E-state index contributed by atoms with van der Waals surface area (Å²) in [5.74, 6) is 0. The van der Waals surface area contributed by atoms with Gasteiger partial charge < -0.3 is 16.2 Å². The number of benzene rings is 2. The van der Waals surface area contributed by atoms with Crippen LogP contribution in [0, 0.1) is 0 Å². The Morgan fingerprint density at radius 3 is 0.538 bits per heavy atom. The van der Waals surface area contributed by atoms with Crippen LogP contribution in [0.15, 0.2) is 47.5 Å². The van der Waals surface area contributed by atoms with Crippen molar-refractivity contribution in [3.8, 4) is 0 Å². The maximum atomic E-state index is 13.1. The Morgan fingerprint density at radius 2 is 0.356 bits per heavy atom. The summed E-state index contributed by atoms with van der Waals surface area (Å²) in [7, 11) is 3.61. The molecule has 0 N–H and O–H groups in total. The molecule has 0 spiro atoms. The van der Waals surface area contributed by atoms with Crippen molar-refractivity contribution in [3.63, 3.8) is 0 Å². The minimum absolute atomic E-state index is 0. The zero-order valence-corrected chi connectivity index (χ0v) is 73.2. The third-order valence-electron chi connectivity index (χ3n) is 22.7. The van der Waals surface area contributed by atoms with Gasteiger partial charge in [-0.3, -0.25) is 0 Å². The van der Waals surface area contributed by atoms with E-state index >= 15 is 0 Å². The van der Waals surface area contributed by atoms with Gasteiger partial charge in [-0.1, -0.05) is 446 Å². The molecule has 0 aliphatic carbocycles. The summed E-state index contributed by atoms with van der Waals surface area (Å²) in [6.07, 6.45) is 97.6. The van der Waals surface area contributed by atoms with Gasteiger partial charge in [0.15, 0.2) is 0 Å². The third kappa shape index (κ3) is 58.8. The second-order valence-electron chi connectivity index (χ2n) is 32.7. The predicted octanol–water partition coefficient (Wildman–Crippen LogP) is 35.3. The minimum atomic E-state index is 0. The van der Waals surface area contributed by atoms with Crippen LogP contribution < -0.4 is 0 Å². The van der Waals surface area contributed by atoms with Crippen molar-refractivity contribution in [1.82, 2.24) is 0 Å². The van der Waals surface area contributed by atoms with Crippen LogP contribution >= 0.6 is 0 Å². The van der Waals surface area contributed by atoms with Gasteiger partial charge in [0, 0.05) is 22.3 Å². The number of hydrogen-bond donors (Lipinski definition) is 0. The Labute approximate surface area is 663 Å². The second kappa shape index (κ2) is 80.5. The van der Waals surface area contributed by atoms with Gasteiger partial charge in [0.25, 0.3) is 0 Å². The molecule has 0 bridgehead atoms. The number of rotatable bonds is 75. The van der Waals surface area contributed by atoms with Crippen molar-refractivity contribution in [2.45, 2.75) is 511 Å². The van der Waals surface area contributed by atoms with E-state index in [0.29, 0.717) is 0 Å². The number of unbranched alkanes of at least 4 members (excludes halogenated alkanes) is 59. The first-order chi connectivity index (χ1) is 50.8. The molecule has 0 radical (unpaired) electrons. The van der Waals surface area contributed by atoms with Crippen molar-refractivity contribution >= 4 is 11.4 Å². The molecule has 0 atom stereocenters. The first-order valence-corrected chi connectivity index (χ1v) is 47.2. The monoisotopic (exact) mass is 1490 g/mol. The molecule has 2 aromatic carbocycles. The van der Waals surface area contributed by atoms with Crippen molar-refractivity contribution in [2.75, 3.05) is 27.2 Å². The molecule has 4 nitrogen and oxygen atoms in total. The largest absolute Gasteiger partial charge is 2.00 e. The molecule has 3 rings (SSSR count). The van der Waals surface area contributed by atoms with Crippen LogP contribution in [0.4, 0.5) is 0 Å². The molecule has 104 heavy (non-hydrogen) atoms. The SMILES string of the molecule is CCCCCCCCCCCCCCCCCCCCCCCCCCCCc1cc(CCCC)cc(C2=C(CCCCC)C(CCCCCCCC)=C(c3cc(CCCC)cc(CCCCCCCCCCCCCCCCCCCCCCCCCCCC)c3)[N+]2=[N-])c1.CC[N-]C.CC[N-]C.[Ni+2]. The van der Waals surface area contributed by atoms with Crippen molar-refractivity contribution in [1.29, 1.82) is 0 Å². The Kier molecular flexibility index (Phi) is 78.9. The van der Waals surface area contributed by atoms with Gasteiger partial charge >= 0.3 is 16.5 Å². The molecule has 0 aromatic heterocycles. The Bertz CT molecular complexity index is 2180. The average Bonchev–Trinajstić information content (AvgIpc) is 1.60. The summed E-state index contributed by atoms with van der Waals surface area (Å²) in [6, 6.07) is 15.1. The second-order valence-corrected chi connectivity index (χ2v) is 32.7. The maximum Gasteiger partial charge on any atom is 2.00 e. The van der Waals surface area contributed by atoms with Crippen LogP contribution in [0.3, 0.4) is 0 Å². The normalized spacial score (nSPS) is 12.2. The predicted molar refractivity (Wildman–Crippen MR) is 468 cm³/mol. The summed E-state index contributed by atoms with van der Waals surface area (Å²) < 4.78 is 1.75. The maximum absolute atomic E-state index is 13.1. The number of aryl methyl sites for hydroxylation is 4. The molecular formula is C99H182N4Ni. The zero-order valence-electron chi connectivity index (χ0n) is 72.2. The molecule has 5 heteroatoms. The van der Waals surface area contributed by atoms with E-state index in [2.05, 4.69) is 88.6 Å². The van der Waals surface area contributed by atoms with Crippen LogP contribution in [0.5, 0.6) is 0 Å². The Hall–Kier alpha value is -2.07. The fourth-order valence-corrected chi connectivity index (χ4v) is 15.8. The topological polar surface area (TPSA) is 53.5 Å². The van der Waals surface area contributed by atoms with E-state index in [1.807, 2.05) is 13.8 Å². The van der Waals surface area contributed by atoms with E-state index in [1.54, 1.807) is 18.8 Å². The summed E-state index contributed by atoms with van der Waals surface area (Å²) in [5, 5.41) is 7.47. The first kappa shape index (κ1) is 102. The quantitative estimate of drug-likeness (QED) is 0.0360. The van der Waals surface area contributed by atoms with Gasteiger partial charge in [0.1, 0.15) is 0 Å². The molecule has 1 aliphatic heterocycles. The van der Waals surface area contributed by atoms with Crippen LogP contribution in [-0.2, 0) is 42.2 Å². The minimum Gasteiger partial charge on any atom is -0.665 e. The summed E-state index contributed by atoms with van der Waals surface area (Å²) in [5.41, 5.74) is 26.7. The molecule has 0 unspecified atom stereocenters. The van der Waals surface area contributed by atoms with E-state index in [-0.39, 0.29) is 16.5 Å². The smallest absolute Gasteiger partial charge is 0.665 e. The first-order valence-electron chi connectivity index (χ1n) is 47.2. The van der Waals surface area contributed by atoms with Gasteiger partial charge in [0.05, 0.1) is 0 Å². The number of hydrogen-bond acceptors (Lipinski definition) is 0. The van der Waals surface area contributed by atoms with E-state index in [9.17, 15) is 5.53 Å². The zero-order chi connectivity index (χ0) is 74.6. The molecule has 1 aliphatic rings. The summed E-state index contributed by atoms with van der Waals surface area (Å²) >= 11 is 0. The van der Waals surface area contributed by atoms with Gasteiger partial charge in [-0.25, -0.2) is 4.70 Å². The molecule has 1 heterocycles. The van der Waals surface area contributed by atoms with Gasteiger partial charge in [-0.05, 0) is 124 Å². The van der Waals surface area contributed by atoms with Gasteiger partial charge in [-0.2, -0.15) is 27.2 Å². The summed E-state index contributed by atoms with van der Waals surface area (Å²) in [4.78, 5) is 0. The van der Waals surface area contributed by atoms with E-state index in [1.165, 1.54) is 462 Å². The molecule has 0 fully saturated rings. The molecule has 0 saturated carbocycles. The average molecular weight is 1490 g/mol. The van der Waals surface area contributed by atoms with E-state index in [4.69, 9.17) is 0 Å². The molecule has 0 amide bonds. The number of nitrogens with zero attached hydrogens (tertiary/aromatic N) is 4. The van der Waals surface area contributed by atoms with Crippen molar-refractivity contribution < 1.29 is 21.2 Å². The van der Waals surface area contributed by atoms with Crippen LogP contribution in [0.25, 0.3) is 27.6 Å². The van der Waals surface area contributed by atoms with Crippen LogP contribution in [0.2, 0.25) is 0 Å². The fraction of sp³-hybridized carbons (Fsp3) is 0.838. The van der Waals surface area contributed by atoms with Gasteiger partial charge in [0.2, 0.25) is 11.4 Å². The molecule has 2 aromatic rings. The Balaban J connectivity index is 0.0000112. The van der Waals surface area contributed by atoms with Gasteiger partial charge in [-0.15, -0.1) is 0 Å². The van der Waals surface area contributed by atoms with Crippen molar-refractivity contribution in [2.24, 2.45) is 0 Å². The molecular weight excluding hydrogens is 1300 g/mol. The summed E-state index contributed by atoms with van der Waals surface area (Å²) in [6.45, 7) is 19.9. The van der Waals surface area contributed by atoms with Crippen LogP contribution in [0.1, 0.15) is 519 Å². The van der Waals surface area contributed by atoms with E-state index in [0.717, 1.165) is 63.0 Å². The number of allylic oxidation sites excluding steroid dienone is 2. The van der Waals surface area contributed by atoms with Crippen LogP contribution in [-0.4, -0.2) is 31.9 Å². The van der Waals surface area contributed by atoms with E-state index < -0.39 is 0 Å². The fourth-order valence-electron chi connectivity index (χ4n) is 15.8. The van der Waals surface area contributed by atoms with Crippen molar-refractivity contribution in [3.05, 3.63) is 97.1 Å². The standard InChI is InChI=1S/C93H166N2.2C3H8N.Ni/c1-7-13-19-22-25-27-29-31-33-35-37-39-41-43-45-47-49-51-53-55-57-59-61-63-65-69-74-86-78-84(72-17-11-5)80-88(82-86)92-90(76-68-16-10-4)91(77-71-67-24-21-15-9-3)93(95(92)94)89-81-85(73-18-12-6)79-87(83-89)75-70-66-64-62-60-58-56-54-52-50-48-46-44-42-40-38-36-34-32-30-28-26-23-20-14-8-2;2*1-3-4-2;/h78-83H,7-77H2,1-6H3;2*3H2,1-2H3;/q;2*-1;+2. The Morgan fingerprint density at radius 1 is 0.212 bits per heavy atom.